The minimum Gasteiger partial charge on any atom is -0.352 e. The van der Waals surface area contributed by atoms with Crippen LogP contribution >= 0.6 is 0 Å². The number of hydrogen-bond acceptors (Lipinski definition) is 2. The molecule has 0 unspecified atom stereocenters. The summed E-state index contributed by atoms with van der Waals surface area (Å²) in [6, 6.07) is 2.01. The Morgan fingerprint density at radius 1 is 1.40 bits per heavy atom. The lowest BCUT2D eigenvalue weighted by atomic mass is 9.96. The summed E-state index contributed by atoms with van der Waals surface area (Å²) in [6.45, 7) is 3.97. The van der Waals surface area contributed by atoms with Gasteiger partial charge in [0, 0.05) is 6.54 Å². The van der Waals surface area contributed by atoms with Crippen molar-refractivity contribution in [3.63, 3.8) is 0 Å². The van der Waals surface area contributed by atoms with Gasteiger partial charge in [0.25, 0.3) is 5.91 Å². The van der Waals surface area contributed by atoms with Gasteiger partial charge in [-0.15, -0.1) is 0 Å². The average molecular weight is 282 g/mol. The Bertz CT molecular complexity index is 485. The normalized spacial score (nSPS) is 18.9. The van der Waals surface area contributed by atoms with Gasteiger partial charge in [-0.25, -0.2) is 8.78 Å². The molecule has 0 saturated carbocycles. The molecule has 1 aliphatic rings. The van der Waals surface area contributed by atoms with Crippen LogP contribution in [0.25, 0.3) is 0 Å². The molecule has 2 N–H and O–H groups in total. The fraction of sp³-hybridized carbons (Fsp3) is 0.533. The van der Waals surface area contributed by atoms with Crippen LogP contribution in [0.15, 0.2) is 12.1 Å². The zero-order chi connectivity index (χ0) is 14.5. The number of halogens is 2. The van der Waals surface area contributed by atoms with E-state index in [1.54, 1.807) is 0 Å². The lowest BCUT2D eigenvalue weighted by Gasteiger charge is -2.22. The van der Waals surface area contributed by atoms with Gasteiger partial charge in [-0.1, -0.05) is 0 Å². The predicted octanol–water partition coefficient (Wildman–Crippen LogP) is 2.39. The molecule has 20 heavy (non-hydrogen) atoms. The summed E-state index contributed by atoms with van der Waals surface area (Å²) in [5, 5.41) is 5.97. The molecule has 110 valence electrons. The molecule has 1 heterocycles. The van der Waals surface area contributed by atoms with Crippen molar-refractivity contribution in [2.45, 2.75) is 26.2 Å². The molecule has 1 aliphatic heterocycles. The number of piperidine rings is 1. The maximum Gasteiger partial charge on any atom is 0.254 e. The molecule has 3 nitrogen and oxygen atoms in total. The molecule has 0 aliphatic carbocycles. The van der Waals surface area contributed by atoms with Crippen LogP contribution in [0.3, 0.4) is 0 Å². The summed E-state index contributed by atoms with van der Waals surface area (Å²) < 4.78 is 27.0. The highest BCUT2D eigenvalue weighted by molar-refractivity contribution is 5.94. The molecule has 0 spiro atoms. The third kappa shape index (κ3) is 3.76. The van der Waals surface area contributed by atoms with Crippen molar-refractivity contribution in [2.24, 2.45) is 5.92 Å². The highest BCUT2D eigenvalue weighted by Gasteiger charge is 2.16. The van der Waals surface area contributed by atoms with E-state index in [1.807, 2.05) is 0 Å². The molecule has 0 aromatic heterocycles. The molecule has 5 heteroatoms. The van der Waals surface area contributed by atoms with E-state index in [0.29, 0.717) is 12.5 Å². The summed E-state index contributed by atoms with van der Waals surface area (Å²) in [7, 11) is 0. The van der Waals surface area contributed by atoms with Gasteiger partial charge in [0.1, 0.15) is 11.6 Å². The van der Waals surface area contributed by atoms with Crippen molar-refractivity contribution in [1.82, 2.24) is 10.6 Å². The Balaban J connectivity index is 1.87. The molecular formula is C15H20F2N2O. The number of carbonyl (C=O) groups is 1. The lowest BCUT2D eigenvalue weighted by molar-refractivity contribution is 0.0946. The van der Waals surface area contributed by atoms with Gasteiger partial charge in [0.2, 0.25) is 0 Å². The quantitative estimate of drug-likeness (QED) is 0.890. The van der Waals surface area contributed by atoms with E-state index in [1.165, 1.54) is 6.92 Å². The van der Waals surface area contributed by atoms with E-state index < -0.39 is 17.5 Å². The van der Waals surface area contributed by atoms with Crippen molar-refractivity contribution < 1.29 is 13.6 Å². The molecule has 1 fully saturated rings. The van der Waals surface area contributed by atoms with Crippen molar-refractivity contribution >= 4 is 5.91 Å². The smallest absolute Gasteiger partial charge is 0.254 e. The van der Waals surface area contributed by atoms with E-state index in [0.717, 1.165) is 44.5 Å². The molecule has 0 radical (unpaired) electrons. The second-order valence-corrected chi connectivity index (χ2v) is 5.34. The zero-order valence-electron chi connectivity index (χ0n) is 11.6. The maximum atomic E-state index is 13.6. The van der Waals surface area contributed by atoms with E-state index in [2.05, 4.69) is 10.6 Å². The van der Waals surface area contributed by atoms with Gasteiger partial charge >= 0.3 is 0 Å². The predicted molar refractivity (Wildman–Crippen MR) is 73.6 cm³/mol. The van der Waals surface area contributed by atoms with Crippen molar-refractivity contribution in [2.75, 3.05) is 19.6 Å². The van der Waals surface area contributed by atoms with Crippen LogP contribution in [-0.4, -0.2) is 25.5 Å². The first kappa shape index (κ1) is 14.9. The van der Waals surface area contributed by atoms with Crippen molar-refractivity contribution in [3.8, 4) is 0 Å². The van der Waals surface area contributed by atoms with Crippen LogP contribution in [0, 0.1) is 24.5 Å². The second-order valence-electron chi connectivity index (χ2n) is 5.34. The molecule has 1 aromatic rings. The van der Waals surface area contributed by atoms with Crippen LogP contribution in [0.2, 0.25) is 0 Å². The molecule has 2 rings (SSSR count). The third-order valence-corrected chi connectivity index (χ3v) is 3.73. The summed E-state index contributed by atoms with van der Waals surface area (Å²) in [5.74, 6) is -1.25. The Kier molecular flexibility index (Phi) is 5.06. The first-order valence-corrected chi connectivity index (χ1v) is 7.02. The number of nitrogens with one attached hydrogen (secondary N) is 2. The molecule has 0 bridgehead atoms. The summed E-state index contributed by atoms with van der Waals surface area (Å²) in [4.78, 5) is 11.8. The monoisotopic (exact) mass is 282 g/mol. The largest absolute Gasteiger partial charge is 0.352 e. The fourth-order valence-electron chi connectivity index (χ4n) is 2.48. The van der Waals surface area contributed by atoms with Crippen molar-refractivity contribution in [3.05, 3.63) is 34.9 Å². The Hall–Kier alpha value is -1.49. The van der Waals surface area contributed by atoms with Crippen molar-refractivity contribution in [1.29, 1.82) is 0 Å². The van der Waals surface area contributed by atoms with Crippen LogP contribution in [0.1, 0.15) is 35.2 Å². The minimum absolute atomic E-state index is 0.201. The van der Waals surface area contributed by atoms with E-state index in [9.17, 15) is 13.6 Å². The Morgan fingerprint density at radius 3 is 2.90 bits per heavy atom. The number of aryl methyl sites for hydroxylation is 1. The number of amides is 1. The zero-order valence-corrected chi connectivity index (χ0v) is 11.6. The van der Waals surface area contributed by atoms with Gasteiger partial charge in [-0.3, -0.25) is 4.79 Å². The van der Waals surface area contributed by atoms with Gasteiger partial charge < -0.3 is 10.6 Å². The molecule has 1 aromatic carbocycles. The van der Waals surface area contributed by atoms with Gasteiger partial charge in [-0.05, 0) is 62.9 Å². The summed E-state index contributed by atoms with van der Waals surface area (Å²) in [5.41, 5.74) is -0.0257. The van der Waals surface area contributed by atoms with E-state index in [-0.39, 0.29) is 11.1 Å². The Morgan fingerprint density at radius 2 is 2.20 bits per heavy atom. The average Bonchev–Trinajstić information content (AvgIpc) is 2.44. The topological polar surface area (TPSA) is 41.1 Å². The van der Waals surface area contributed by atoms with Crippen LogP contribution in [-0.2, 0) is 0 Å². The third-order valence-electron chi connectivity index (χ3n) is 3.73. The number of rotatable bonds is 4. The molecule has 1 amide bonds. The minimum atomic E-state index is -0.680. The number of benzene rings is 1. The first-order valence-electron chi connectivity index (χ1n) is 7.02. The van der Waals surface area contributed by atoms with Crippen LogP contribution in [0.4, 0.5) is 8.78 Å². The number of hydrogen-bond donors (Lipinski definition) is 2. The second kappa shape index (κ2) is 6.79. The fourth-order valence-corrected chi connectivity index (χ4v) is 2.48. The maximum absolute atomic E-state index is 13.6. The SMILES string of the molecule is Cc1cc(F)c(C(=O)NCC[C@@H]2CCCNC2)cc1F. The van der Waals surface area contributed by atoms with E-state index in [4.69, 9.17) is 0 Å². The van der Waals surface area contributed by atoms with E-state index >= 15 is 0 Å². The molecule has 1 saturated heterocycles. The standard InChI is InChI=1S/C15H20F2N2O/c1-10-7-14(17)12(8-13(10)16)15(20)19-6-4-11-3-2-5-18-9-11/h7-8,11,18H,2-6,9H2,1H3,(H,19,20)/t11-/m0/s1. The van der Waals surface area contributed by atoms with Crippen LogP contribution < -0.4 is 10.6 Å². The Labute approximate surface area is 117 Å². The summed E-state index contributed by atoms with van der Waals surface area (Å²) >= 11 is 0. The molecule has 1 atom stereocenters. The first-order chi connectivity index (χ1) is 9.58. The summed E-state index contributed by atoms with van der Waals surface area (Å²) in [6.07, 6.45) is 3.15. The number of carbonyl (C=O) groups excluding carboxylic acids is 1. The highest BCUT2D eigenvalue weighted by Crippen LogP contribution is 2.15. The highest BCUT2D eigenvalue weighted by atomic mass is 19.1. The lowest BCUT2D eigenvalue weighted by Crippen LogP contribution is -2.33. The van der Waals surface area contributed by atoms with Gasteiger partial charge in [-0.2, -0.15) is 0 Å². The van der Waals surface area contributed by atoms with Crippen LogP contribution in [0.5, 0.6) is 0 Å². The molecular weight excluding hydrogens is 262 g/mol. The van der Waals surface area contributed by atoms with Gasteiger partial charge in [0.15, 0.2) is 0 Å². The van der Waals surface area contributed by atoms with Gasteiger partial charge in [0.05, 0.1) is 5.56 Å².